The smallest absolute Gasteiger partial charge is 0.485 e. The van der Waals surface area contributed by atoms with E-state index in [9.17, 15) is 13.2 Å². The second-order valence-electron chi connectivity index (χ2n) is 8.02. The molecule has 0 radical (unpaired) electrons. The maximum atomic E-state index is 10.7. The molecule has 0 bridgehead atoms. The van der Waals surface area contributed by atoms with Gasteiger partial charge in [0.25, 0.3) is 0 Å². The van der Waals surface area contributed by atoms with E-state index in [0.717, 1.165) is 11.3 Å². The summed E-state index contributed by atoms with van der Waals surface area (Å²) in [6.45, 7) is 9.01. The van der Waals surface area contributed by atoms with Crippen LogP contribution in [0.25, 0.3) is 0 Å². The molecule has 1 aliphatic rings. The van der Waals surface area contributed by atoms with Crippen LogP contribution in [0, 0.1) is 45.8 Å². The van der Waals surface area contributed by atoms with E-state index >= 15 is 0 Å². The Labute approximate surface area is 179 Å². The van der Waals surface area contributed by atoms with Gasteiger partial charge in [0, 0.05) is 17.0 Å². The minimum Gasteiger partial charge on any atom is -0.741 e. The highest BCUT2D eigenvalue weighted by atomic mass is 32.2. The molecule has 4 nitrogen and oxygen atoms in total. The van der Waals surface area contributed by atoms with Crippen molar-refractivity contribution in [1.29, 1.82) is 5.26 Å². The van der Waals surface area contributed by atoms with Crippen molar-refractivity contribution in [1.82, 2.24) is 0 Å². The van der Waals surface area contributed by atoms with Crippen LogP contribution in [-0.2, 0) is 26.8 Å². The fourth-order valence-corrected chi connectivity index (χ4v) is 5.76. The van der Waals surface area contributed by atoms with Crippen molar-refractivity contribution < 1.29 is 26.1 Å². The SMILES string of the molecule is CC1(C)C#CC(C)(C)C[S+](Cc2ccc(C#CC#N)cc2)C1.O=S(=O)([O-])C(F)(F)F. The highest BCUT2D eigenvalue weighted by molar-refractivity contribution is 7.96. The zero-order valence-electron chi connectivity index (χ0n) is 17.1. The van der Waals surface area contributed by atoms with Gasteiger partial charge in [-0.15, -0.1) is 0 Å². The summed E-state index contributed by atoms with van der Waals surface area (Å²) < 4.78 is 58.9. The predicted octanol–water partition coefficient (Wildman–Crippen LogP) is 3.80. The minimum atomic E-state index is -6.09. The number of hydrogen-bond acceptors (Lipinski definition) is 4. The van der Waals surface area contributed by atoms with Crippen molar-refractivity contribution in [2.24, 2.45) is 10.8 Å². The maximum Gasteiger partial charge on any atom is 0.485 e. The molecule has 1 aromatic rings. The molecule has 0 saturated carbocycles. The Kier molecular flexibility index (Phi) is 8.46. The van der Waals surface area contributed by atoms with Gasteiger partial charge in [-0.25, -0.2) is 8.42 Å². The molecule has 30 heavy (non-hydrogen) atoms. The van der Waals surface area contributed by atoms with Gasteiger partial charge in [-0.3, -0.25) is 0 Å². The number of nitrogens with zero attached hydrogens (tertiary/aromatic N) is 1. The van der Waals surface area contributed by atoms with Crippen molar-refractivity contribution in [2.45, 2.75) is 39.0 Å². The topological polar surface area (TPSA) is 81.0 Å². The number of nitriles is 1. The molecule has 0 aromatic heterocycles. The summed E-state index contributed by atoms with van der Waals surface area (Å²) in [6.07, 6.45) is 0. The third kappa shape index (κ3) is 9.13. The first kappa shape index (κ1) is 25.9. The van der Waals surface area contributed by atoms with Gasteiger partial charge >= 0.3 is 5.51 Å². The first-order valence-electron chi connectivity index (χ1n) is 8.74. The van der Waals surface area contributed by atoms with E-state index in [1.807, 2.05) is 18.2 Å². The second kappa shape index (κ2) is 9.79. The summed E-state index contributed by atoms with van der Waals surface area (Å²) in [5.74, 6) is 15.6. The highest BCUT2D eigenvalue weighted by Crippen LogP contribution is 2.30. The second-order valence-corrected chi connectivity index (χ2v) is 11.5. The van der Waals surface area contributed by atoms with Crippen LogP contribution in [0.1, 0.15) is 38.8 Å². The summed E-state index contributed by atoms with van der Waals surface area (Å²) in [4.78, 5) is 0. The molecular formula is C21H22F3NO3S2. The number of rotatable bonds is 2. The monoisotopic (exact) mass is 457 g/mol. The Morgan fingerprint density at radius 1 is 1.10 bits per heavy atom. The van der Waals surface area contributed by atoms with Crippen LogP contribution in [0.5, 0.6) is 0 Å². The summed E-state index contributed by atoms with van der Waals surface area (Å²) in [5.41, 5.74) is -3.19. The standard InChI is InChI=1S/C20H22NS.CHF3O3S/c1-19(2)11-12-20(3,4)16-22(15-19)14-18-9-7-17(8-10-18)6-5-13-21;2-1(3,4)8(5,6)7/h7-10H,14-16H2,1-4H3;(H,5,6,7)/q+1;/p-1. The van der Waals surface area contributed by atoms with Gasteiger partial charge in [0.1, 0.15) is 17.3 Å². The van der Waals surface area contributed by atoms with E-state index in [1.54, 1.807) is 0 Å². The minimum absolute atomic E-state index is 0.106. The summed E-state index contributed by atoms with van der Waals surface area (Å²) >= 11 is 0. The molecule has 0 saturated heterocycles. The quantitative estimate of drug-likeness (QED) is 0.293. The van der Waals surface area contributed by atoms with E-state index in [4.69, 9.17) is 18.2 Å². The lowest BCUT2D eigenvalue weighted by atomic mass is 9.92. The van der Waals surface area contributed by atoms with Gasteiger partial charge in [-0.2, -0.15) is 18.4 Å². The van der Waals surface area contributed by atoms with Crippen LogP contribution >= 0.6 is 0 Å². The van der Waals surface area contributed by atoms with Gasteiger partial charge < -0.3 is 4.55 Å². The molecule has 9 heteroatoms. The van der Waals surface area contributed by atoms with Gasteiger partial charge in [-0.1, -0.05) is 29.9 Å². The summed E-state index contributed by atoms with van der Waals surface area (Å²) in [7, 11) is -5.77. The Balaban J connectivity index is 0.000000479. The Morgan fingerprint density at radius 3 is 1.90 bits per heavy atom. The third-order valence-corrected chi connectivity index (χ3v) is 7.31. The predicted molar refractivity (Wildman–Crippen MR) is 111 cm³/mol. The fraction of sp³-hybridized carbons (Fsp3) is 0.476. The normalized spacial score (nSPS) is 17.6. The van der Waals surface area contributed by atoms with Gasteiger partial charge in [-0.05, 0) is 50.7 Å². The van der Waals surface area contributed by atoms with E-state index in [0.29, 0.717) is 10.9 Å². The van der Waals surface area contributed by atoms with Crippen molar-refractivity contribution in [3.63, 3.8) is 0 Å². The van der Waals surface area contributed by atoms with Crippen molar-refractivity contribution in [2.75, 3.05) is 11.5 Å². The first-order chi connectivity index (χ1) is 13.5. The molecule has 0 amide bonds. The number of benzene rings is 1. The molecule has 0 atom stereocenters. The Bertz CT molecular complexity index is 992. The molecule has 1 aromatic carbocycles. The zero-order valence-corrected chi connectivity index (χ0v) is 18.7. The summed E-state index contributed by atoms with van der Waals surface area (Å²) in [6, 6.07) is 10.1. The molecule has 1 aliphatic heterocycles. The van der Waals surface area contributed by atoms with Crippen molar-refractivity contribution in [3.05, 3.63) is 35.4 Å². The lowest BCUT2D eigenvalue weighted by Crippen LogP contribution is -2.28. The number of halogens is 3. The van der Waals surface area contributed by atoms with Crippen molar-refractivity contribution in [3.8, 4) is 29.8 Å². The highest BCUT2D eigenvalue weighted by Gasteiger charge is 2.37. The Hall–Kier alpha value is -2.12. The lowest BCUT2D eigenvalue weighted by molar-refractivity contribution is -0.0517. The number of hydrogen-bond donors (Lipinski definition) is 0. The largest absolute Gasteiger partial charge is 0.741 e. The fourth-order valence-electron chi connectivity index (χ4n) is 2.60. The van der Waals surface area contributed by atoms with Crippen LogP contribution in [0.15, 0.2) is 24.3 Å². The number of alkyl halides is 3. The maximum absolute atomic E-state index is 10.7. The summed E-state index contributed by atoms with van der Waals surface area (Å²) in [5, 5.41) is 8.49. The van der Waals surface area contributed by atoms with E-state index in [1.165, 1.54) is 17.1 Å². The van der Waals surface area contributed by atoms with Gasteiger partial charge in [0.15, 0.2) is 16.2 Å². The molecule has 0 spiro atoms. The molecule has 2 rings (SSSR count). The van der Waals surface area contributed by atoms with Crippen molar-refractivity contribution >= 4 is 21.0 Å². The van der Waals surface area contributed by atoms with E-state index in [-0.39, 0.29) is 10.8 Å². The van der Waals surface area contributed by atoms with Crippen LogP contribution < -0.4 is 0 Å². The molecule has 0 N–H and O–H groups in total. The van der Waals surface area contributed by atoms with E-state index in [2.05, 4.69) is 63.5 Å². The average Bonchev–Trinajstić information content (AvgIpc) is 2.68. The lowest BCUT2D eigenvalue weighted by Gasteiger charge is -2.19. The molecule has 0 unspecified atom stereocenters. The molecule has 1 heterocycles. The first-order valence-corrected chi connectivity index (χ1v) is 11.9. The van der Waals surface area contributed by atoms with Crippen LogP contribution in [0.4, 0.5) is 13.2 Å². The van der Waals surface area contributed by atoms with Crippen LogP contribution in [-0.4, -0.2) is 30.0 Å². The Morgan fingerprint density at radius 2 is 1.53 bits per heavy atom. The molecule has 162 valence electrons. The van der Waals surface area contributed by atoms with Crippen LogP contribution in [0.2, 0.25) is 0 Å². The zero-order chi connectivity index (χ0) is 23.2. The molecule has 0 fully saturated rings. The van der Waals surface area contributed by atoms with Gasteiger partial charge in [0.05, 0.1) is 10.8 Å². The molecule has 0 aliphatic carbocycles. The molecular weight excluding hydrogens is 435 g/mol. The van der Waals surface area contributed by atoms with Gasteiger partial charge in [0.2, 0.25) is 0 Å². The van der Waals surface area contributed by atoms with Crippen LogP contribution in [0.3, 0.4) is 0 Å². The third-order valence-electron chi connectivity index (χ3n) is 3.74. The average molecular weight is 458 g/mol. The van der Waals surface area contributed by atoms with E-state index < -0.39 is 15.6 Å².